The van der Waals surface area contributed by atoms with E-state index in [9.17, 15) is 14.4 Å². The summed E-state index contributed by atoms with van der Waals surface area (Å²) >= 11 is 0. The number of aromatic nitrogens is 2. The smallest absolute Gasteiger partial charge is 0.407 e. The van der Waals surface area contributed by atoms with E-state index < -0.39 is 12.1 Å². The largest absolute Gasteiger partial charge is 0.453 e. The normalized spacial score (nSPS) is 18.0. The minimum Gasteiger partial charge on any atom is -0.453 e. The molecule has 0 bridgehead atoms. The predicted molar refractivity (Wildman–Crippen MR) is 217 cm³/mol. The minimum atomic E-state index is -0.668. The number of carbonyl (C=O) groups is 3. The molecule has 300 valence electrons. The first kappa shape index (κ1) is 40.6. The van der Waals surface area contributed by atoms with Crippen LogP contribution in [-0.4, -0.2) is 97.3 Å². The number of aryl methyl sites for hydroxylation is 1. The van der Waals surface area contributed by atoms with Crippen molar-refractivity contribution < 1.29 is 28.9 Å². The van der Waals surface area contributed by atoms with E-state index in [1.54, 1.807) is 0 Å². The van der Waals surface area contributed by atoms with Gasteiger partial charge in [0.2, 0.25) is 11.8 Å². The molecular formula is C42H56N8O6. The van der Waals surface area contributed by atoms with Crippen LogP contribution in [0.3, 0.4) is 0 Å². The topological polar surface area (TPSA) is 171 Å². The standard InChI is InChI=1S/C42H56N8O6/c1-25(2)37(45-24-56-55-6)40(51)43-19-8-7-14-36-46-32-18-16-28(22-33(32)47-36)30-12-9-11-27-21-29(15-17-31(27)30)34-23-44-39(48-34)35-13-10-20-50(35)41(52)38(26(3)4)49-42(53)54-5/h9,11-12,15-18,21-22,25-26,34-35,37-38,45H,7-8,10,13-14,19-20,23-24H2,1-6H3,(H,43,51)(H,44,48)(H,46,47)(H,49,53)/t34?,35-,37-,38-/m0/s1. The lowest BCUT2D eigenvalue weighted by atomic mass is 9.95. The third kappa shape index (κ3) is 9.48. The fraction of sp³-hybridized carbons (Fsp3) is 0.500. The van der Waals surface area contributed by atoms with Gasteiger partial charge in [-0.25, -0.2) is 19.6 Å². The molecule has 4 atom stereocenters. The van der Waals surface area contributed by atoms with Gasteiger partial charge in [0.1, 0.15) is 24.4 Å². The van der Waals surface area contributed by atoms with E-state index >= 15 is 0 Å². The van der Waals surface area contributed by atoms with Crippen molar-refractivity contribution >= 4 is 45.5 Å². The second kappa shape index (κ2) is 18.7. The summed E-state index contributed by atoms with van der Waals surface area (Å²) in [5.41, 5.74) is 5.28. The molecule has 0 aliphatic carbocycles. The molecule has 2 aliphatic rings. The van der Waals surface area contributed by atoms with E-state index in [4.69, 9.17) is 19.6 Å². The lowest BCUT2D eigenvalue weighted by Crippen LogP contribution is -2.54. The van der Waals surface area contributed by atoms with E-state index in [1.165, 1.54) is 14.2 Å². The second-order valence-electron chi connectivity index (χ2n) is 15.3. The van der Waals surface area contributed by atoms with Gasteiger partial charge in [-0.2, -0.15) is 0 Å². The molecule has 3 amide bonds. The number of amidine groups is 1. The summed E-state index contributed by atoms with van der Waals surface area (Å²) in [5, 5.41) is 14.7. The van der Waals surface area contributed by atoms with Gasteiger partial charge in [-0.05, 0) is 83.2 Å². The van der Waals surface area contributed by atoms with Gasteiger partial charge in [-0.15, -0.1) is 0 Å². The van der Waals surface area contributed by atoms with Gasteiger partial charge in [0.15, 0.2) is 0 Å². The number of amides is 3. The van der Waals surface area contributed by atoms with Crippen molar-refractivity contribution in [2.24, 2.45) is 16.8 Å². The molecule has 1 unspecified atom stereocenters. The van der Waals surface area contributed by atoms with Crippen LogP contribution in [0.15, 0.2) is 59.6 Å². The fourth-order valence-corrected chi connectivity index (χ4v) is 7.71. The van der Waals surface area contributed by atoms with Crippen molar-refractivity contribution in [3.8, 4) is 11.1 Å². The van der Waals surface area contributed by atoms with Crippen LogP contribution in [0.1, 0.15) is 70.8 Å². The van der Waals surface area contributed by atoms with Crippen LogP contribution in [0.2, 0.25) is 0 Å². The SMILES string of the molecule is COOCN[C@H](C(=O)NCCCCc1nc2cc(-c3cccc4cc(C5CN=C([C@@H]6CCCN6C(=O)[C@@H](NC(=O)OC)C(C)C)N5)ccc34)ccc2[nH]1)C(C)C. The first-order valence-corrected chi connectivity index (χ1v) is 19.7. The predicted octanol–water partition coefficient (Wildman–Crippen LogP) is 5.39. The summed E-state index contributed by atoms with van der Waals surface area (Å²) in [4.78, 5) is 62.9. The van der Waals surface area contributed by atoms with E-state index in [0.29, 0.717) is 19.6 Å². The van der Waals surface area contributed by atoms with Crippen molar-refractivity contribution in [2.45, 2.75) is 84.0 Å². The Morgan fingerprint density at radius 1 is 0.982 bits per heavy atom. The highest BCUT2D eigenvalue weighted by molar-refractivity contribution is 5.99. The Morgan fingerprint density at radius 2 is 1.80 bits per heavy atom. The van der Waals surface area contributed by atoms with E-state index in [1.807, 2.05) is 32.6 Å². The lowest BCUT2D eigenvalue weighted by Gasteiger charge is -2.31. The van der Waals surface area contributed by atoms with Gasteiger partial charge in [0.05, 0.1) is 49.9 Å². The molecule has 0 spiro atoms. The molecule has 14 nitrogen and oxygen atoms in total. The maximum Gasteiger partial charge on any atom is 0.407 e. The average Bonchev–Trinajstić information content (AvgIpc) is 3.97. The highest BCUT2D eigenvalue weighted by Crippen LogP contribution is 2.33. The first-order valence-electron chi connectivity index (χ1n) is 19.7. The van der Waals surface area contributed by atoms with Crippen LogP contribution < -0.4 is 21.3 Å². The van der Waals surface area contributed by atoms with Gasteiger partial charge < -0.3 is 30.6 Å². The van der Waals surface area contributed by atoms with Crippen LogP contribution in [0.25, 0.3) is 32.9 Å². The van der Waals surface area contributed by atoms with E-state index in [0.717, 1.165) is 82.3 Å². The van der Waals surface area contributed by atoms with Gasteiger partial charge in [-0.1, -0.05) is 64.1 Å². The number of unbranched alkanes of at least 4 members (excludes halogenated alkanes) is 1. The number of alkyl carbamates (subject to hydrolysis) is 1. The number of aliphatic imine (C=N–C) groups is 1. The average molecular weight is 769 g/mol. The molecule has 1 fully saturated rings. The lowest BCUT2D eigenvalue weighted by molar-refractivity contribution is -0.278. The number of nitrogens with one attached hydrogen (secondary N) is 5. The number of likely N-dealkylation sites (tertiary alicyclic amines) is 1. The number of rotatable bonds is 17. The monoisotopic (exact) mass is 768 g/mol. The van der Waals surface area contributed by atoms with Crippen molar-refractivity contribution in [3.63, 3.8) is 0 Å². The van der Waals surface area contributed by atoms with Crippen molar-refractivity contribution in [3.05, 3.63) is 66.0 Å². The number of nitrogens with zero attached hydrogens (tertiary/aromatic N) is 3. The van der Waals surface area contributed by atoms with Crippen LogP contribution in [0.5, 0.6) is 0 Å². The molecular weight excluding hydrogens is 713 g/mol. The third-order valence-electron chi connectivity index (χ3n) is 10.7. The van der Waals surface area contributed by atoms with Gasteiger partial charge >= 0.3 is 6.09 Å². The zero-order valence-corrected chi connectivity index (χ0v) is 33.3. The van der Waals surface area contributed by atoms with Gasteiger partial charge in [0, 0.05) is 19.5 Å². The molecule has 3 aromatic carbocycles. The second-order valence-corrected chi connectivity index (χ2v) is 15.3. The number of fused-ring (bicyclic) bond motifs is 2. The maximum absolute atomic E-state index is 13.6. The maximum atomic E-state index is 13.6. The zero-order valence-electron chi connectivity index (χ0n) is 33.3. The molecule has 2 aliphatic heterocycles. The number of carbonyl (C=O) groups excluding carboxylic acids is 3. The molecule has 1 aromatic heterocycles. The van der Waals surface area contributed by atoms with Gasteiger partial charge in [-0.3, -0.25) is 19.9 Å². The Balaban J connectivity index is 1.06. The Hall–Kier alpha value is -5.05. The Morgan fingerprint density at radius 3 is 2.57 bits per heavy atom. The van der Waals surface area contributed by atoms with E-state index in [-0.39, 0.29) is 48.5 Å². The number of ether oxygens (including phenoxy) is 1. The fourth-order valence-electron chi connectivity index (χ4n) is 7.71. The molecule has 0 radical (unpaired) electrons. The Labute approximate surface area is 328 Å². The number of hydrogen-bond acceptors (Lipinski definition) is 10. The minimum absolute atomic E-state index is 0.00468. The van der Waals surface area contributed by atoms with Gasteiger partial charge in [0.25, 0.3) is 0 Å². The van der Waals surface area contributed by atoms with Crippen LogP contribution in [-0.2, 0) is 30.5 Å². The quantitative estimate of drug-likeness (QED) is 0.0409. The Bertz CT molecular complexity index is 2030. The molecule has 5 N–H and O–H groups in total. The summed E-state index contributed by atoms with van der Waals surface area (Å²) in [6.07, 6.45) is 3.59. The summed E-state index contributed by atoms with van der Waals surface area (Å²) in [7, 11) is 2.74. The number of methoxy groups -OCH3 is 1. The number of benzene rings is 3. The zero-order chi connectivity index (χ0) is 39.8. The molecule has 3 heterocycles. The first-order chi connectivity index (χ1) is 27.1. The molecule has 14 heteroatoms. The number of hydrogen-bond donors (Lipinski definition) is 5. The molecule has 0 saturated carbocycles. The van der Waals surface area contributed by atoms with Crippen LogP contribution >= 0.6 is 0 Å². The number of aromatic amines is 1. The highest BCUT2D eigenvalue weighted by atomic mass is 17.2. The summed E-state index contributed by atoms with van der Waals surface area (Å²) in [6.45, 7) is 9.75. The third-order valence-corrected chi connectivity index (χ3v) is 10.7. The molecule has 56 heavy (non-hydrogen) atoms. The Kier molecular flexibility index (Phi) is 13.6. The van der Waals surface area contributed by atoms with Crippen molar-refractivity contribution in [1.82, 2.24) is 36.1 Å². The van der Waals surface area contributed by atoms with Crippen LogP contribution in [0, 0.1) is 11.8 Å². The highest BCUT2D eigenvalue weighted by Gasteiger charge is 2.39. The number of H-pyrrole nitrogens is 1. The molecule has 1 saturated heterocycles. The summed E-state index contributed by atoms with van der Waals surface area (Å²) < 4.78 is 4.78. The van der Waals surface area contributed by atoms with Crippen LogP contribution in [0.4, 0.5) is 4.79 Å². The van der Waals surface area contributed by atoms with E-state index in [2.05, 4.69) is 85.7 Å². The molecule has 4 aromatic rings. The number of imidazole rings is 1. The summed E-state index contributed by atoms with van der Waals surface area (Å²) in [5.74, 6) is 1.62. The van der Waals surface area contributed by atoms with Crippen molar-refractivity contribution in [1.29, 1.82) is 0 Å². The molecule has 6 rings (SSSR count). The summed E-state index contributed by atoms with van der Waals surface area (Å²) in [6, 6.07) is 18.1. The van der Waals surface area contributed by atoms with Crippen molar-refractivity contribution in [2.75, 3.05) is 40.6 Å².